The Labute approximate surface area is 156 Å². The molecule has 0 fully saturated rings. The van der Waals surface area contributed by atoms with Gasteiger partial charge in [0.2, 0.25) is 5.91 Å². The molecule has 0 bridgehead atoms. The second-order valence-electron chi connectivity index (χ2n) is 5.86. The van der Waals surface area contributed by atoms with E-state index in [9.17, 15) is 4.79 Å². The van der Waals surface area contributed by atoms with E-state index in [-0.39, 0.29) is 18.3 Å². The largest absolute Gasteiger partial charge is 0.489 e. The highest BCUT2D eigenvalue weighted by Gasteiger charge is 2.11. The van der Waals surface area contributed by atoms with Crippen LogP contribution in [-0.4, -0.2) is 18.5 Å². The minimum Gasteiger partial charge on any atom is -0.489 e. The zero-order valence-electron chi connectivity index (χ0n) is 14.6. The molecule has 1 amide bonds. The van der Waals surface area contributed by atoms with E-state index in [1.165, 1.54) is 0 Å². The van der Waals surface area contributed by atoms with Crippen LogP contribution in [0.4, 0.5) is 0 Å². The highest BCUT2D eigenvalue weighted by atomic mass is 35.5. The average Bonchev–Trinajstić information content (AvgIpc) is 2.61. The summed E-state index contributed by atoms with van der Waals surface area (Å²) in [6, 6.07) is 17.6. The lowest BCUT2D eigenvalue weighted by molar-refractivity contribution is -0.122. The number of nitrogens with two attached hydrogens (primary N) is 1. The molecule has 0 radical (unpaired) electrons. The second-order valence-corrected chi connectivity index (χ2v) is 5.86. The Hall–Kier alpha value is -2.04. The third-order valence-electron chi connectivity index (χ3n) is 3.80. The van der Waals surface area contributed by atoms with Crippen molar-refractivity contribution in [3.8, 4) is 5.75 Å². The van der Waals surface area contributed by atoms with Gasteiger partial charge < -0.3 is 15.8 Å². The summed E-state index contributed by atoms with van der Waals surface area (Å²) in [5, 5.41) is 2.89. The molecule has 25 heavy (non-hydrogen) atoms. The maximum atomic E-state index is 11.8. The first-order chi connectivity index (χ1) is 11.7. The van der Waals surface area contributed by atoms with Crippen molar-refractivity contribution in [3.05, 3.63) is 65.7 Å². The van der Waals surface area contributed by atoms with Crippen molar-refractivity contribution in [2.24, 2.45) is 5.73 Å². The van der Waals surface area contributed by atoms with Crippen LogP contribution in [0.5, 0.6) is 5.75 Å². The van der Waals surface area contributed by atoms with Crippen LogP contribution in [0.3, 0.4) is 0 Å². The SMILES string of the molecule is CCCC(N)C(=O)NCCc1cccc(OCc2ccccc2)c1.Cl. The zero-order chi connectivity index (χ0) is 17.2. The van der Waals surface area contributed by atoms with Crippen molar-refractivity contribution < 1.29 is 9.53 Å². The molecular weight excluding hydrogens is 336 g/mol. The molecule has 0 spiro atoms. The standard InChI is InChI=1S/C20H26N2O2.ClH/c1-2-7-19(21)20(23)22-13-12-16-10-6-11-18(14-16)24-15-17-8-4-3-5-9-17;/h3-6,8-11,14,19H,2,7,12-13,15,21H2,1H3,(H,22,23);1H. The number of halogens is 1. The van der Waals surface area contributed by atoms with Gasteiger partial charge in [-0.2, -0.15) is 0 Å². The summed E-state index contributed by atoms with van der Waals surface area (Å²) in [5.41, 5.74) is 8.06. The third-order valence-corrected chi connectivity index (χ3v) is 3.80. The molecule has 0 saturated heterocycles. The number of carbonyl (C=O) groups excluding carboxylic acids is 1. The fourth-order valence-corrected chi connectivity index (χ4v) is 2.43. The molecule has 1 atom stereocenters. The number of carbonyl (C=O) groups is 1. The second kappa shape index (κ2) is 11.5. The molecule has 0 aromatic heterocycles. The van der Waals surface area contributed by atoms with Crippen molar-refractivity contribution in [2.75, 3.05) is 6.54 Å². The van der Waals surface area contributed by atoms with E-state index in [0.29, 0.717) is 19.6 Å². The molecule has 0 aliphatic rings. The monoisotopic (exact) mass is 362 g/mol. The van der Waals surface area contributed by atoms with Crippen molar-refractivity contribution in [2.45, 2.75) is 38.8 Å². The van der Waals surface area contributed by atoms with E-state index in [0.717, 1.165) is 29.7 Å². The molecule has 1 unspecified atom stereocenters. The van der Waals surface area contributed by atoms with Gasteiger partial charge in [-0.3, -0.25) is 4.79 Å². The molecule has 0 saturated carbocycles. The van der Waals surface area contributed by atoms with Gasteiger partial charge >= 0.3 is 0 Å². The van der Waals surface area contributed by atoms with Crippen LogP contribution in [0.25, 0.3) is 0 Å². The van der Waals surface area contributed by atoms with Crippen LogP contribution >= 0.6 is 12.4 Å². The average molecular weight is 363 g/mol. The minimum atomic E-state index is -0.407. The maximum Gasteiger partial charge on any atom is 0.236 e. The van der Waals surface area contributed by atoms with Crippen LogP contribution in [-0.2, 0) is 17.8 Å². The lowest BCUT2D eigenvalue weighted by atomic mass is 10.1. The van der Waals surface area contributed by atoms with E-state index in [1.807, 2.05) is 61.5 Å². The Balaban J connectivity index is 0.00000312. The van der Waals surface area contributed by atoms with Crippen LogP contribution in [0, 0.1) is 0 Å². The molecule has 0 aliphatic heterocycles. The van der Waals surface area contributed by atoms with Gasteiger partial charge in [-0.25, -0.2) is 0 Å². The quantitative estimate of drug-likeness (QED) is 0.717. The number of rotatable bonds is 9. The van der Waals surface area contributed by atoms with Crippen LogP contribution in [0.2, 0.25) is 0 Å². The fourth-order valence-electron chi connectivity index (χ4n) is 2.43. The molecule has 2 rings (SSSR count). The summed E-state index contributed by atoms with van der Waals surface area (Å²) in [6.45, 7) is 3.15. The van der Waals surface area contributed by atoms with Gasteiger partial charge in [0, 0.05) is 6.54 Å². The van der Waals surface area contributed by atoms with Gasteiger partial charge in [-0.15, -0.1) is 12.4 Å². The van der Waals surface area contributed by atoms with Crippen molar-refractivity contribution >= 4 is 18.3 Å². The van der Waals surface area contributed by atoms with E-state index < -0.39 is 6.04 Å². The zero-order valence-corrected chi connectivity index (χ0v) is 15.4. The molecule has 2 aromatic carbocycles. The predicted molar refractivity (Wildman–Crippen MR) is 104 cm³/mol. The molecule has 0 aliphatic carbocycles. The number of hydrogen-bond acceptors (Lipinski definition) is 3. The van der Waals surface area contributed by atoms with Gasteiger partial charge in [-0.1, -0.05) is 55.8 Å². The predicted octanol–water partition coefficient (Wildman–Crippen LogP) is 3.47. The molecular formula is C20H27ClN2O2. The van der Waals surface area contributed by atoms with E-state index in [1.54, 1.807) is 0 Å². The number of amides is 1. The van der Waals surface area contributed by atoms with Gasteiger partial charge in [0.1, 0.15) is 12.4 Å². The first-order valence-corrected chi connectivity index (χ1v) is 8.48. The van der Waals surface area contributed by atoms with Crippen LogP contribution in [0.15, 0.2) is 54.6 Å². The third kappa shape index (κ3) is 7.59. The first-order valence-electron chi connectivity index (χ1n) is 8.48. The number of benzene rings is 2. The molecule has 5 heteroatoms. The Bertz CT molecular complexity index is 635. The Morgan fingerprint density at radius 3 is 2.56 bits per heavy atom. The van der Waals surface area contributed by atoms with E-state index in [2.05, 4.69) is 5.32 Å². The van der Waals surface area contributed by atoms with Gasteiger partial charge in [-0.05, 0) is 36.1 Å². The topological polar surface area (TPSA) is 64.4 Å². The van der Waals surface area contributed by atoms with Gasteiger partial charge in [0.05, 0.1) is 6.04 Å². The van der Waals surface area contributed by atoms with Crippen LogP contribution < -0.4 is 15.8 Å². The first kappa shape index (κ1) is 21.0. The summed E-state index contributed by atoms with van der Waals surface area (Å²) in [5.74, 6) is 0.763. The number of nitrogens with one attached hydrogen (secondary N) is 1. The molecule has 0 heterocycles. The van der Waals surface area contributed by atoms with Crippen molar-refractivity contribution in [1.29, 1.82) is 0 Å². The summed E-state index contributed by atoms with van der Waals surface area (Å²) >= 11 is 0. The van der Waals surface area contributed by atoms with Crippen molar-refractivity contribution in [1.82, 2.24) is 5.32 Å². The summed E-state index contributed by atoms with van der Waals surface area (Å²) in [4.78, 5) is 11.8. The number of ether oxygens (including phenoxy) is 1. The molecule has 3 N–H and O–H groups in total. The normalized spacial score (nSPS) is 11.3. The van der Waals surface area contributed by atoms with E-state index >= 15 is 0 Å². The van der Waals surface area contributed by atoms with Gasteiger partial charge in [0.15, 0.2) is 0 Å². The van der Waals surface area contributed by atoms with Crippen LogP contribution in [0.1, 0.15) is 30.9 Å². The molecule has 4 nitrogen and oxygen atoms in total. The Morgan fingerprint density at radius 1 is 1.12 bits per heavy atom. The summed E-state index contributed by atoms with van der Waals surface area (Å²) in [7, 11) is 0. The summed E-state index contributed by atoms with van der Waals surface area (Å²) < 4.78 is 5.82. The Kier molecular flexibility index (Phi) is 9.66. The maximum absolute atomic E-state index is 11.8. The Morgan fingerprint density at radius 2 is 1.84 bits per heavy atom. The minimum absolute atomic E-state index is 0. The fraction of sp³-hybridized carbons (Fsp3) is 0.350. The lowest BCUT2D eigenvalue weighted by Crippen LogP contribution is -2.41. The smallest absolute Gasteiger partial charge is 0.236 e. The lowest BCUT2D eigenvalue weighted by Gasteiger charge is -2.12. The van der Waals surface area contributed by atoms with E-state index in [4.69, 9.17) is 10.5 Å². The van der Waals surface area contributed by atoms with Crippen molar-refractivity contribution in [3.63, 3.8) is 0 Å². The molecule has 136 valence electrons. The highest BCUT2D eigenvalue weighted by molar-refractivity contribution is 5.85. The summed E-state index contributed by atoms with van der Waals surface area (Å²) in [6.07, 6.45) is 2.39. The molecule has 2 aromatic rings. The number of hydrogen-bond donors (Lipinski definition) is 2. The van der Waals surface area contributed by atoms with Gasteiger partial charge in [0.25, 0.3) is 0 Å². The highest BCUT2D eigenvalue weighted by Crippen LogP contribution is 2.15.